The zero-order chi connectivity index (χ0) is 14.1. The molecule has 1 aliphatic carbocycles. The largest absolute Gasteiger partial charge is 0.398 e. The van der Waals surface area contributed by atoms with Crippen molar-refractivity contribution < 1.29 is 0 Å². The van der Waals surface area contributed by atoms with Crippen LogP contribution in [-0.2, 0) is 7.05 Å². The second kappa shape index (κ2) is 5.44. The molecule has 0 atom stereocenters. The van der Waals surface area contributed by atoms with Gasteiger partial charge in [0.1, 0.15) is 0 Å². The number of nitrogens with zero attached hydrogens (tertiary/aromatic N) is 3. The maximum absolute atomic E-state index is 6.06. The van der Waals surface area contributed by atoms with E-state index in [2.05, 4.69) is 5.10 Å². The van der Waals surface area contributed by atoms with Gasteiger partial charge in [-0.1, -0.05) is 30.9 Å². The van der Waals surface area contributed by atoms with Gasteiger partial charge in [-0.15, -0.1) is 0 Å². The van der Waals surface area contributed by atoms with Gasteiger partial charge in [0.15, 0.2) is 11.6 Å². The fourth-order valence-corrected chi connectivity index (χ4v) is 3.07. The number of aromatic nitrogens is 3. The predicted molar refractivity (Wildman–Crippen MR) is 81.7 cm³/mol. The molecule has 2 N–H and O–H groups in total. The van der Waals surface area contributed by atoms with E-state index in [-0.39, 0.29) is 0 Å². The van der Waals surface area contributed by atoms with Crippen LogP contribution in [-0.4, -0.2) is 14.8 Å². The minimum Gasteiger partial charge on any atom is -0.398 e. The van der Waals surface area contributed by atoms with Gasteiger partial charge in [-0.05, 0) is 31.0 Å². The summed E-state index contributed by atoms with van der Waals surface area (Å²) in [5.41, 5.74) is 7.58. The molecule has 5 heteroatoms. The lowest BCUT2D eigenvalue weighted by Crippen LogP contribution is -2.06. The first-order valence-corrected chi connectivity index (χ1v) is 7.49. The summed E-state index contributed by atoms with van der Waals surface area (Å²) in [5, 5.41) is 5.25. The van der Waals surface area contributed by atoms with Crippen molar-refractivity contribution >= 4 is 17.3 Å². The highest BCUT2D eigenvalue weighted by Crippen LogP contribution is 2.33. The van der Waals surface area contributed by atoms with Gasteiger partial charge < -0.3 is 5.73 Å². The molecule has 0 unspecified atom stereocenters. The fraction of sp³-hybridized carbons (Fsp3) is 0.467. The number of benzene rings is 1. The van der Waals surface area contributed by atoms with E-state index >= 15 is 0 Å². The van der Waals surface area contributed by atoms with Crippen LogP contribution in [0.25, 0.3) is 11.4 Å². The number of anilines is 1. The van der Waals surface area contributed by atoms with Crippen molar-refractivity contribution in [3.8, 4) is 11.4 Å². The van der Waals surface area contributed by atoms with E-state index in [0.29, 0.717) is 16.6 Å². The molecule has 2 aromatic rings. The predicted octanol–water partition coefficient (Wildman–Crippen LogP) is 3.77. The van der Waals surface area contributed by atoms with Crippen LogP contribution in [0.1, 0.15) is 43.8 Å². The first kappa shape index (κ1) is 13.4. The number of hydrogen-bond donors (Lipinski definition) is 1. The summed E-state index contributed by atoms with van der Waals surface area (Å²) in [6, 6.07) is 5.46. The summed E-state index contributed by atoms with van der Waals surface area (Å²) in [5.74, 6) is 2.23. The lowest BCUT2D eigenvalue weighted by molar-refractivity contribution is 0.427. The number of nitrogens with two attached hydrogens (primary N) is 1. The fourth-order valence-electron chi connectivity index (χ4n) is 2.89. The van der Waals surface area contributed by atoms with Crippen LogP contribution >= 0.6 is 11.6 Å². The summed E-state index contributed by atoms with van der Waals surface area (Å²) in [6.07, 6.45) is 6.26. The minimum atomic E-state index is 0.490. The minimum absolute atomic E-state index is 0.490. The first-order chi connectivity index (χ1) is 9.65. The Balaban J connectivity index is 1.98. The monoisotopic (exact) mass is 290 g/mol. The second-order valence-electron chi connectivity index (χ2n) is 5.48. The molecule has 0 saturated heterocycles. The summed E-state index contributed by atoms with van der Waals surface area (Å²) in [4.78, 5) is 4.72. The highest BCUT2D eigenvalue weighted by atomic mass is 35.5. The summed E-state index contributed by atoms with van der Waals surface area (Å²) in [6.45, 7) is 0. The Bertz CT molecular complexity index is 614. The van der Waals surface area contributed by atoms with E-state index in [1.165, 1.54) is 32.1 Å². The molecule has 20 heavy (non-hydrogen) atoms. The van der Waals surface area contributed by atoms with Gasteiger partial charge in [0.05, 0.1) is 0 Å². The Morgan fingerprint density at radius 3 is 2.75 bits per heavy atom. The summed E-state index contributed by atoms with van der Waals surface area (Å²) >= 11 is 6.06. The number of rotatable bonds is 2. The van der Waals surface area contributed by atoms with E-state index < -0.39 is 0 Å². The molecular formula is C15H19ClN4. The van der Waals surface area contributed by atoms with Crippen molar-refractivity contribution in [3.05, 3.63) is 29.0 Å². The van der Waals surface area contributed by atoms with E-state index in [4.69, 9.17) is 22.3 Å². The van der Waals surface area contributed by atoms with Gasteiger partial charge in [0.25, 0.3) is 0 Å². The van der Waals surface area contributed by atoms with Crippen molar-refractivity contribution in [3.63, 3.8) is 0 Å². The molecule has 0 radical (unpaired) electrons. The van der Waals surface area contributed by atoms with Crippen LogP contribution in [0.4, 0.5) is 5.69 Å². The van der Waals surface area contributed by atoms with Crippen molar-refractivity contribution in [2.45, 2.75) is 38.0 Å². The quantitative estimate of drug-likeness (QED) is 0.857. The zero-order valence-corrected chi connectivity index (χ0v) is 12.4. The Hall–Kier alpha value is -1.55. The highest BCUT2D eigenvalue weighted by molar-refractivity contribution is 6.31. The summed E-state index contributed by atoms with van der Waals surface area (Å²) in [7, 11) is 1.91. The molecule has 0 bridgehead atoms. The number of halogens is 1. The molecule has 1 aromatic heterocycles. The van der Waals surface area contributed by atoms with Crippen molar-refractivity contribution in [1.82, 2.24) is 14.8 Å². The zero-order valence-electron chi connectivity index (χ0n) is 11.6. The Morgan fingerprint density at radius 1 is 1.25 bits per heavy atom. The number of hydrogen-bond acceptors (Lipinski definition) is 3. The normalized spacial score (nSPS) is 16.5. The number of aryl methyl sites for hydroxylation is 1. The molecule has 0 amide bonds. The third-order valence-corrected chi connectivity index (χ3v) is 4.24. The van der Waals surface area contributed by atoms with Crippen LogP contribution in [0.3, 0.4) is 0 Å². The number of nitrogen functional groups attached to an aromatic ring is 1. The topological polar surface area (TPSA) is 56.7 Å². The van der Waals surface area contributed by atoms with Gasteiger partial charge in [-0.2, -0.15) is 5.10 Å². The van der Waals surface area contributed by atoms with Gasteiger partial charge in [-0.25, -0.2) is 9.67 Å². The molecule has 1 fully saturated rings. The molecule has 1 heterocycles. The van der Waals surface area contributed by atoms with E-state index in [1.807, 2.05) is 23.9 Å². The molecule has 3 rings (SSSR count). The van der Waals surface area contributed by atoms with E-state index in [1.54, 1.807) is 6.07 Å². The Morgan fingerprint density at radius 2 is 2.00 bits per heavy atom. The molecule has 1 aromatic carbocycles. The van der Waals surface area contributed by atoms with Crippen molar-refractivity contribution in [2.75, 3.05) is 5.73 Å². The molecule has 1 aliphatic rings. The Kier molecular flexibility index (Phi) is 3.66. The molecule has 0 aliphatic heterocycles. The van der Waals surface area contributed by atoms with Crippen LogP contribution in [0.5, 0.6) is 0 Å². The SMILES string of the molecule is Cn1nc(C2CCCCC2)nc1-c1cc(Cl)ccc1N. The third kappa shape index (κ3) is 2.52. The lowest BCUT2D eigenvalue weighted by atomic mass is 9.89. The third-order valence-electron chi connectivity index (χ3n) is 4.01. The Labute approximate surface area is 124 Å². The van der Waals surface area contributed by atoms with Gasteiger partial charge in [0, 0.05) is 29.2 Å². The van der Waals surface area contributed by atoms with Crippen molar-refractivity contribution in [1.29, 1.82) is 0 Å². The van der Waals surface area contributed by atoms with Crippen LogP contribution in [0.15, 0.2) is 18.2 Å². The van der Waals surface area contributed by atoms with Crippen LogP contribution in [0, 0.1) is 0 Å². The van der Waals surface area contributed by atoms with Gasteiger partial charge >= 0.3 is 0 Å². The molecule has 4 nitrogen and oxygen atoms in total. The molecule has 106 valence electrons. The van der Waals surface area contributed by atoms with E-state index in [9.17, 15) is 0 Å². The maximum atomic E-state index is 6.06. The first-order valence-electron chi connectivity index (χ1n) is 7.11. The smallest absolute Gasteiger partial charge is 0.160 e. The average Bonchev–Trinajstić information content (AvgIpc) is 2.84. The maximum Gasteiger partial charge on any atom is 0.160 e. The summed E-state index contributed by atoms with van der Waals surface area (Å²) < 4.78 is 1.81. The van der Waals surface area contributed by atoms with Crippen LogP contribution in [0.2, 0.25) is 5.02 Å². The highest BCUT2D eigenvalue weighted by Gasteiger charge is 2.21. The molecule has 0 spiro atoms. The molecular weight excluding hydrogens is 272 g/mol. The van der Waals surface area contributed by atoms with Crippen LogP contribution < -0.4 is 5.73 Å². The van der Waals surface area contributed by atoms with E-state index in [0.717, 1.165) is 17.2 Å². The van der Waals surface area contributed by atoms with Gasteiger partial charge in [-0.3, -0.25) is 0 Å². The second-order valence-corrected chi connectivity index (χ2v) is 5.92. The van der Waals surface area contributed by atoms with Gasteiger partial charge in [0.2, 0.25) is 0 Å². The standard InChI is InChI=1S/C15H19ClN4/c1-20-15(12-9-11(16)7-8-13(12)17)18-14(19-20)10-5-3-2-4-6-10/h7-10H,2-6,17H2,1H3. The van der Waals surface area contributed by atoms with Crippen molar-refractivity contribution in [2.24, 2.45) is 7.05 Å². The lowest BCUT2D eigenvalue weighted by Gasteiger charge is -2.18. The average molecular weight is 291 g/mol. The molecule has 1 saturated carbocycles.